The predicted molar refractivity (Wildman–Crippen MR) is 167 cm³/mol. The Kier molecular flexibility index (Phi) is 9.62. The first-order valence-corrected chi connectivity index (χ1v) is 14.3. The van der Waals surface area contributed by atoms with Crippen LogP contribution in [0.1, 0.15) is 37.6 Å². The number of rotatable bonds is 9. The van der Waals surface area contributed by atoms with Crippen LogP contribution in [0.4, 0.5) is 5.69 Å². The number of methoxy groups -OCH3 is 1. The molecule has 0 bridgehead atoms. The van der Waals surface area contributed by atoms with E-state index >= 15 is 0 Å². The van der Waals surface area contributed by atoms with Crippen molar-refractivity contribution in [2.45, 2.75) is 26.2 Å². The van der Waals surface area contributed by atoms with E-state index in [1.54, 1.807) is 42.6 Å². The van der Waals surface area contributed by atoms with Crippen LogP contribution < -0.4 is 20.3 Å². The lowest BCUT2D eigenvalue weighted by molar-refractivity contribution is -0.118. The van der Waals surface area contributed by atoms with Crippen molar-refractivity contribution in [1.29, 1.82) is 0 Å². The number of carbonyl (C=O) groups excluding carboxylic acids is 1. The summed E-state index contributed by atoms with van der Waals surface area (Å²) in [7, 11) is 1.52. The molecule has 3 aromatic carbocycles. The van der Waals surface area contributed by atoms with E-state index in [2.05, 4.69) is 48.9 Å². The van der Waals surface area contributed by atoms with Crippen molar-refractivity contribution in [1.82, 2.24) is 9.66 Å². The van der Waals surface area contributed by atoms with Crippen molar-refractivity contribution in [2.24, 2.45) is 5.10 Å². The van der Waals surface area contributed by atoms with Gasteiger partial charge in [-0.1, -0.05) is 41.4 Å². The number of halogens is 3. The molecule has 0 aliphatic heterocycles. The second kappa shape index (κ2) is 12.9. The van der Waals surface area contributed by atoms with Crippen LogP contribution in [0.15, 0.2) is 69.0 Å². The van der Waals surface area contributed by atoms with Crippen LogP contribution in [0, 0.1) is 3.57 Å². The van der Waals surface area contributed by atoms with Gasteiger partial charge in [0.1, 0.15) is 5.82 Å². The van der Waals surface area contributed by atoms with Gasteiger partial charge in [0.2, 0.25) is 0 Å². The quantitative estimate of drug-likeness (QED) is 0.151. The number of anilines is 1. The lowest BCUT2D eigenvalue weighted by atomic mass is 10.1. The standard InChI is InChI=1S/C28H25BrClIN4O4/c1-4-16(2)27-34-23-10-5-18(29)13-21(23)28(37)35(27)32-14-17-11-22(31)26(24(12-17)38-3)39-15-25(36)33-20-8-6-19(30)7-9-20/h5-14,16H,4,15H2,1-3H3,(H,33,36)/t16-/m0/s1. The monoisotopic (exact) mass is 722 g/mol. The normalized spacial score (nSPS) is 12.1. The highest BCUT2D eigenvalue weighted by Crippen LogP contribution is 2.33. The molecule has 11 heteroatoms. The van der Waals surface area contributed by atoms with Crippen LogP contribution in [0.25, 0.3) is 10.9 Å². The molecule has 0 aliphatic rings. The van der Waals surface area contributed by atoms with Gasteiger partial charge in [-0.15, -0.1) is 0 Å². The first-order valence-electron chi connectivity index (χ1n) is 12.0. The molecule has 1 atom stereocenters. The summed E-state index contributed by atoms with van der Waals surface area (Å²) in [6, 6.07) is 15.8. The number of hydrogen-bond acceptors (Lipinski definition) is 6. The Morgan fingerprint density at radius 3 is 2.67 bits per heavy atom. The van der Waals surface area contributed by atoms with Gasteiger partial charge in [-0.05, 0) is 89.2 Å². The lowest BCUT2D eigenvalue weighted by Crippen LogP contribution is -2.23. The van der Waals surface area contributed by atoms with E-state index in [1.807, 2.05) is 32.0 Å². The summed E-state index contributed by atoms with van der Waals surface area (Å²) in [5, 5.41) is 8.34. The zero-order valence-electron chi connectivity index (χ0n) is 21.4. The van der Waals surface area contributed by atoms with Gasteiger partial charge in [0, 0.05) is 21.1 Å². The molecule has 202 valence electrons. The first kappa shape index (κ1) is 29.0. The average molecular weight is 724 g/mol. The fourth-order valence-electron chi connectivity index (χ4n) is 3.73. The van der Waals surface area contributed by atoms with Gasteiger partial charge in [0.05, 0.1) is 27.8 Å². The number of benzene rings is 3. The minimum Gasteiger partial charge on any atom is -0.493 e. The summed E-state index contributed by atoms with van der Waals surface area (Å²) in [6.07, 6.45) is 2.38. The minimum absolute atomic E-state index is 0.0207. The molecule has 1 N–H and O–H groups in total. The summed E-state index contributed by atoms with van der Waals surface area (Å²) in [4.78, 5) is 30.5. The number of nitrogens with zero attached hydrogens (tertiary/aromatic N) is 3. The van der Waals surface area contributed by atoms with Gasteiger partial charge < -0.3 is 14.8 Å². The highest BCUT2D eigenvalue weighted by molar-refractivity contribution is 14.1. The average Bonchev–Trinajstić information content (AvgIpc) is 2.92. The Bertz CT molecular complexity index is 1610. The van der Waals surface area contributed by atoms with Gasteiger partial charge in [-0.3, -0.25) is 9.59 Å². The van der Waals surface area contributed by atoms with E-state index < -0.39 is 0 Å². The zero-order chi connectivity index (χ0) is 28.1. The maximum Gasteiger partial charge on any atom is 0.282 e. The van der Waals surface area contributed by atoms with Gasteiger partial charge in [-0.2, -0.15) is 9.78 Å². The number of aromatic nitrogens is 2. The molecule has 0 aliphatic carbocycles. The van der Waals surface area contributed by atoms with E-state index in [0.717, 1.165) is 10.9 Å². The highest BCUT2D eigenvalue weighted by Gasteiger charge is 2.17. The van der Waals surface area contributed by atoms with Crippen molar-refractivity contribution in [3.63, 3.8) is 0 Å². The molecule has 1 amide bonds. The number of hydrogen-bond donors (Lipinski definition) is 1. The molecule has 4 aromatic rings. The molecular formula is C28H25BrClIN4O4. The second-order valence-electron chi connectivity index (χ2n) is 8.68. The molecule has 0 fully saturated rings. The topological polar surface area (TPSA) is 94.8 Å². The third kappa shape index (κ3) is 6.98. The summed E-state index contributed by atoms with van der Waals surface area (Å²) < 4.78 is 14.2. The smallest absolute Gasteiger partial charge is 0.282 e. The Morgan fingerprint density at radius 1 is 1.23 bits per heavy atom. The SMILES string of the molecule is CC[C@H](C)c1nc2ccc(Br)cc2c(=O)n1N=Cc1cc(I)c(OCC(=O)Nc2ccc(Cl)cc2)c(OC)c1. The molecule has 1 heterocycles. The van der Waals surface area contributed by atoms with Crippen molar-refractivity contribution in [3.8, 4) is 11.5 Å². The van der Waals surface area contributed by atoms with Crippen LogP contribution in [-0.4, -0.2) is 35.5 Å². The second-order valence-corrected chi connectivity index (χ2v) is 11.2. The molecule has 1 aromatic heterocycles. The maximum absolute atomic E-state index is 13.4. The molecule has 8 nitrogen and oxygen atoms in total. The molecule has 0 unspecified atom stereocenters. The summed E-state index contributed by atoms with van der Waals surface area (Å²) in [5.74, 6) is 1.14. The van der Waals surface area contributed by atoms with Crippen molar-refractivity contribution >= 4 is 78.8 Å². The van der Waals surface area contributed by atoms with E-state index in [1.165, 1.54) is 11.8 Å². The van der Waals surface area contributed by atoms with Crippen molar-refractivity contribution in [3.05, 3.63) is 89.4 Å². The predicted octanol–water partition coefficient (Wildman–Crippen LogP) is 6.84. The number of amides is 1. The molecule has 0 saturated carbocycles. The molecule has 4 rings (SSSR count). The molecule has 0 radical (unpaired) electrons. The number of nitrogens with one attached hydrogen (secondary N) is 1. The van der Waals surface area contributed by atoms with E-state index in [0.29, 0.717) is 48.1 Å². The summed E-state index contributed by atoms with van der Waals surface area (Å²) in [6.45, 7) is 3.84. The summed E-state index contributed by atoms with van der Waals surface area (Å²) >= 11 is 11.4. The Balaban J connectivity index is 1.60. The van der Waals surface area contributed by atoms with Gasteiger partial charge in [-0.25, -0.2) is 4.98 Å². The van der Waals surface area contributed by atoms with Crippen LogP contribution in [0.3, 0.4) is 0 Å². The van der Waals surface area contributed by atoms with Crippen molar-refractivity contribution < 1.29 is 14.3 Å². The third-order valence-corrected chi connectivity index (χ3v) is 7.48. The minimum atomic E-state index is -0.326. The lowest BCUT2D eigenvalue weighted by Gasteiger charge is -2.15. The number of carbonyl (C=O) groups is 1. The van der Waals surface area contributed by atoms with Gasteiger partial charge in [0.15, 0.2) is 18.1 Å². The van der Waals surface area contributed by atoms with Crippen molar-refractivity contribution in [2.75, 3.05) is 19.0 Å². The van der Waals surface area contributed by atoms with E-state index in [-0.39, 0.29) is 24.0 Å². The van der Waals surface area contributed by atoms with Crippen LogP contribution >= 0.6 is 50.1 Å². The Labute approximate surface area is 252 Å². The summed E-state index contributed by atoms with van der Waals surface area (Å²) in [5.41, 5.74) is 1.68. The Hall–Kier alpha value is -2.96. The van der Waals surface area contributed by atoms with Gasteiger partial charge in [0.25, 0.3) is 11.5 Å². The maximum atomic E-state index is 13.4. The third-order valence-electron chi connectivity index (χ3n) is 5.94. The molecular weight excluding hydrogens is 699 g/mol. The zero-order valence-corrected chi connectivity index (χ0v) is 25.9. The number of fused-ring (bicyclic) bond motifs is 1. The molecule has 0 spiro atoms. The van der Waals surface area contributed by atoms with E-state index in [4.69, 9.17) is 26.1 Å². The van der Waals surface area contributed by atoms with Gasteiger partial charge >= 0.3 is 0 Å². The highest BCUT2D eigenvalue weighted by atomic mass is 127. The van der Waals surface area contributed by atoms with Crippen LogP contribution in [0.5, 0.6) is 11.5 Å². The molecule has 0 saturated heterocycles. The molecule has 39 heavy (non-hydrogen) atoms. The largest absolute Gasteiger partial charge is 0.493 e. The van der Waals surface area contributed by atoms with Crippen LogP contribution in [-0.2, 0) is 4.79 Å². The fraction of sp³-hybridized carbons (Fsp3) is 0.214. The first-order chi connectivity index (χ1) is 18.7. The Morgan fingerprint density at radius 2 is 1.97 bits per heavy atom. The van der Waals surface area contributed by atoms with Crippen LogP contribution in [0.2, 0.25) is 5.02 Å². The fourth-order valence-corrected chi connectivity index (χ4v) is 4.99. The number of ether oxygens (including phenoxy) is 2. The van der Waals surface area contributed by atoms with E-state index in [9.17, 15) is 9.59 Å².